The number of furan rings is 1. The number of carbonyl (C=O) groups excluding carboxylic acids is 1. The van der Waals surface area contributed by atoms with Gasteiger partial charge in [0.15, 0.2) is 5.76 Å². The van der Waals surface area contributed by atoms with E-state index < -0.39 is 0 Å². The lowest BCUT2D eigenvalue weighted by Gasteiger charge is -2.44. The van der Waals surface area contributed by atoms with Gasteiger partial charge in [0.2, 0.25) is 11.7 Å². The van der Waals surface area contributed by atoms with Crippen LogP contribution in [0.5, 0.6) is 0 Å². The van der Waals surface area contributed by atoms with E-state index in [1.54, 1.807) is 18.4 Å². The molecule has 1 unspecified atom stereocenters. The normalized spacial score (nSPS) is 22.3. The maximum absolute atomic E-state index is 12.2. The van der Waals surface area contributed by atoms with Crippen LogP contribution in [0, 0.1) is 0 Å². The van der Waals surface area contributed by atoms with Gasteiger partial charge in [-0.25, -0.2) is 4.79 Å². The Morgan fingerprint density at radius 1 is 1.11 bits per heavy atom. The summed E-state index contributed by atoms with van der Waals surface area (Å²) in [5.41, 5.74) is 0.811. The van der Waals surface area contributed by atoms with Gasteiger partial charge in [-0.2, -0.15) is 4.98 Å². The van der Waals surface area contributed by atoms with Gasteiger partial charge in [0.1, 0.15) is 6.61 Å². The number of ether oxygens (including phenoxy) is 1. The van der Waals surface area contributed by atoms with Crippen molar-refractivity contribution < 1.29 is 18.5 Å². The number of carbonyl (C=O) groups is 1. The van der Waals surface area contributed by atoms with Crippen molar-refractivity contribution in [3.05, 3.63) is 60.2 Å². The Kier molecular flexibility index (Phi) is 4.12. The Balaban J connectivity index is 1.34. The predicted octanol–water partition coefficient (Wildman–Crippen LogP) is 2.58. The zero-order chi connectivity index (χ0) is 19.0. The van der Waals surface area contributed by atoms with E-state index in [-0.39, 0.29) is 11.6 Å². The van der Waals surface area contributed by atoms with Crippen molar-refractivity contribution in [1.82, 2.24) is 19.9 Å². The molecule has 144 valence electrons. The van der Waals surface area contributed by atoms with E-state index in [2.05, 4.69) is 27.2 Å². The molecule has 0 N–H and O–H groups in total. The SMILES string of the molecule is O=C1OCC2(Cc3ccccc3)CN(Cc3nc(-c4ccco4)no3)CCN12. The number of piperazine rings is 1. The summed E-state index contributed by atoms with van der Waals surface area (Å²) >= 11 is 0. The molecule has 8 nitrogen and oxygen atoms in total. The van der Waals surface area contributed by atoms with E-state index in [1.165, 1.54) is 5.56 Å². The molecule has 1 atom stereocenters. The van der Waals surface area contributed by atoms with E-state index >= 15 is 0 Å². The summed E-state index contributed by atoms with van der Waals surface area (Å²) in [6.07, 6.45) is 2.10. The van der Waals surface area contributed by atoms with Gasteiger partial charge in [0.25, 0.3) is 0 Å². The fourth-order valence-electron chi connectivity index (χ4n) is 4.07. The molecule has 8 heteroatoms. The van der Waals surface area contributed by atoms with Crippen LogP contribution in [0.4, 0.5) is 4.79 Å². The van der Waals surface area contributed by atoms with E-state index in [0.717, 1.165) is 13.0 Å². The minimum absolute atomic E-state index is 0.228. The first kappa shape index (κ1) is 17.0. The molecular formula is C20H20N4O4. The molecule has 5 rings (SSSR count). The Morgan fingerprint density at radius 2 is 2.00 bits per heavy atom. The third-order valence-corrected chi connectivity index (χ3v) is 5.36. The van der Waals surface area contributed by atoms with Gasteiger partial charge in [0.05, 0.1) is 18.3 Å². The highest BCUT2D eigenvalue weighted by Gasteiger charge is 2.50. The Morgan fingerprint density at radius 3 is 2.82 bits per heavy atom. The summed E-state index contributed by atoms with van der Waals surface area (Å²) in [5, 5.41) is 3.99. The molecule has 0 radical (unpaired) electrons. The molecule has 28 heavy (non-hydrogen) atoms. The van der Waals surface area contributed by atoms with Gasteiger partial charge in [-0.05, 0) is 17.7 Å². The number of amides is 1. The van der Waals surface area contributed by atoms with Crippen LogP contribution < -0.4 is 0 Å². The van der Waals surface area contributed by atoms with Crippen LogP contribution >= 0.6 is 0 Å². The lowest BCUT2D eigenvalue weighted by atomic mass is 9.88. The van der Waals surface area contributed by atoms with Crippen LogP contribution in [0.3, 0.4) is 0 Å². The molecule has 4 heterocycles. The molecule has 0 aliphatic carbocycles. The number of nitrogens with zero attached hydrogens (tertiary/aromatic N) is 4. The van der Waals surface area contributed by atoms with Crippen molar-refractivity contribution in [2.45, 2.75) is 18.5 Å². The number of cyclic esters (lactones) is 1. The van der Waals surface area contributed by atoms with Crippen molar-refractivity contribution in [2.24, 2.45) is 0 Å². The molecule has 0 bridgehead atoms. The van der Waals surface area contributed by atoms with Gasteiger partial charge < -0.3 is 13.7 Å². The highest BCUT2D eigenvalue weighted by molar-refractivity contribution is 5.71. The number of aromatic nitrogens is 2. The van der Waals surface area contributed by atoms with Gasteiger partial charge in [-0.3, -0.25) is 9.80 Å². The molecule has 2 aromatic heterocycles. The molecule has 2 aliphatic rings. The smallest absolute Gasteiger partial charge is 0.410 e. The highest BCUT2D eigenvalue weighted by Crippen LogP contribution is 2.33. The van der Waals surface area contributed by atoms with Crippen LogP contribution in [0.15, 0.2) is 57.7 Å². The summed E-state index contributed by atoms with van der Waals surface area (Å²) in [7, 11) is 0. The van der Waals surface area contributed by atoms with Crippen molar-refractivity contribution >= 4 is 6.09 Å². The highest BCUT2D eigenvalue weighted by atomic mass is 16.6. The summed E-state index contributed by atoms with van der Waals surface area (Å²) < 4.78 is 16.1. The van der Waals surface area contributed by atoms with Crippen molar-refractivity contribution in [3.8, 4) is 11.6 Å². The van der Waals surface area contributed by atoms with Crippen LogP contribution in [0.2, 0.25) is 0 Å². The van der Waals surface area contributed by atoms with Crippen molar-refractivity contribution in [3.63, 3.8) is 0 Å². The second-order valence-electron chi connectivity index (χ2n) is 7.29. The first-order chi connectivity index (χ1) is 13.7. The zero-order valence-corrected chi connectivity index (χ0v) is 15.3. The maximum atomic E-state index is 12.2. The van der Waals surface area contributed by atoms with E-state index in [0.29, 0.717) is 43.7 Å². The molecular weight excluding hydrogens is 360 g/mol. The fourth-order valence-corrected chi connectivity index (χ4v) is 4.07. The second-order valence-corrected chi connectivity index (χ2v) is 7.29. The van der Waals surface area contributed by atoms with E-state index in [9.17, 15) is 4.79 Å². The summed E-state index contributed by atoms with van der Waals surface area (Å²) in [6, 6.07) is 13.8. The Hall–Kier alpha value is -3.13. The van der Waals surface area contributed by atoms with Crippen LogP contribution in [-0.2, 0) is 17.7 Å². The molecule has 3 aromatic rings. The molecule has 1 amide bonds. The monoisotopic (exact) mass is 380 g/mol. The maximum Gasteiger partial charge on any atom is 0.410 e. The fraction of sp³-hybridized carbons (Fsp3) is 0.350. The minimum atomic E-state index is -0.374. The number of fused-ring (bicyclic) bond motifs is 1. The number of benzene rings is 1. The van der Waals surface area contributed by atoms with E-state index in [1.807, 2.05) is 23.1 Å². The van der Waals surface area contributed by atoms with Gasteiger partial charge in [0, 0.05) is 26.1 Å². The first-order valence-electron chi connectivity index (χ1n) is 9.29. The molecule has 2 aliphatic heterocycles. The number of hydrogen-bond acceptors (Lipinski definition) is 7. The van der Waals surface area contributed by atoms with Crippen LogP contribution in [0.25, 0.3) is 11.6 Å². The quantitative estimate of drug-likeness (QED) is 0.672. The number of rotatable bonds is 5. The molecule has 0 spiro atoms. The average molecular weight is 380 g/mol. The lowest BCUT2D eigenvalue weighted by Crippen LogP contribution is -2.62. The van der Waals surface area contributed by atoms with Crippen LogP contribution in [-0.4, -0.2) is 57.8 Å². The minimum Gasteiger partial charge on any atom is -0.461 e. The molecule has 2 saturated heterocycles. The molecule has 2 fully saturated rings. The standard InChI is InChI=1S/C20H20N4O4/c25-19-24-9-8-23(12-17-21-18(22-28-17)16-7-4-10-26-16)13-20(24,14-27-19)11-15-5-2-1-3-6-15/h1-7,10H,8-9,11-14H2. The average Bonchev–Trinajstić information content (AvgIpc) is 3.44. The molecule has 0 saturated carbocycles. The van der Waals surface area contributed by atoms with Crippen LogP contribution in [0.1, 0.15) is 11.5 Å². The first-order valence-corrected chi connectivity index (χ1v) is 9.29. The molecule has 1 aromatic carbocycles. The van der Waals surface area contributed by atoms with Gasteiger partial charge >= 0.3 is 6.09 Å². The van der Waals surface area contributed by atoms with Crippen molar-refractivity contribution in [1.29, 1.82) is 0 Å². The van der Waals surface area contributed by atoms with Crippen molar-refractivity contribution in [2.75, 3.05) is 26.2 Å². The second kappa shape index (κ2) is 6.79. The van der Waals surface area contributed by atoms with Gasteiger partial charge in [-0.1, -0.05) is 35.5 Å². The topological polar surface area (TPSA) is 84.8 Å². The summed E-state index contributed by atoms with van der Waals surface area (Å²) in [5.74, 6) is 1.55. The number of hydrogen-bond donors (Lipinski definition) is 0. The lowest BCUT2D eigenvalue weighted by molar-refractivity contribution is 0.0423. The zero-order valence-electron chi connectivity index (χ0n) is 15.3. The van der Waals surface area contributed by atoms with E-state index in [4.69, 9.17) is 13.7 Å². The summed E-state index contributed by atoms with van der Waals surface area (Å²) in [4.78, 5) is 20.8. The Bertz CT molecular complexity index is 956. The largest absolute Gasteiger partial charge is 0.461 e. The third kappa shape index (κ3) is 3.05. The summed E-state index contributed by atoms with van der Waals surface area (Å²) in [6.45, 7) is 2.94. The Labute approximate surface area is 161 Å². The van der Waals surface area contributed by atoms with Gasteiger partial charge in [-0.15, -0.1) is 0 Å². The predicted molar refractivity (Wildman–Crippen MR) is 98.2 cm³/mol. The third-order valence-electron chi connectivity index (χ3n) is 5.36.